The van der Waals surface area contributed by atoms with E-state index < -0.39 is 5.60 Å². The summed E-state index contributed by atoms with van der Waals surface area (Å²) in [5.41, 5.74) is -0.631. The molecule has 1 aliphatic carbocycles. The van der Waals surface area contributed by atoms with Gasteiger partial charge in [0.05, 0.1) is 5.60 Å². The van der Waals surface area contributed by atoms with E-state index in [1.165, 1.54) is 30.6 Å². The average molecular weight is 253 g/mol. The van der Waals surface area contributed by atoms with Crippen LogP contribution in [0.3, 0.4) is 0 Å². The van der Waals surface area contributed by atoms with Crippen molar-refractivity contribution >= 4 is 11.3 Å². The van der Waals surface area contributed by atoms with Crippen LogP contribution in [0.15, 0.2) is 17.5 Å². The van der Waals surface area contributed by atoms with Gasteiger partial charge in [0.15, 0.2) is 0 Å². The Kier molecular flexibility index (Phi) is 4.23. The summed E-state index contributed by atoms with van der Waals surface area (Å²) in [4.78, 5) is 1.42. The van der Waals surface area contributed by atoms with Gasteiger partial charge in [0.2, 0.25) is 0 Å². The van der Waals surface area contributed by atoms with Gasteiger partial charge in [0, 0.05) is 17.5 Å². The summed E-state index contributed by atoms with van der Waals surface area (Å²) in [6.07, 6.45) is 5.36. The molecule has 3 heteroatoms. The highest BCUT2D eigenvalue weighted by atomic mass is 32.1. The number of aliphatic hydroxyl groups is 1. The largest absolute Gasteiger partial charge is 0.389 e. The minimum atomic E-state index is -0.631. The molecular weight excluding hydrogens is 230 g/mol. The normalized spacial score (nSPS) is 19.7. The molecule has 2 N–H and O–H groups in total. The smallest absolute Gasteiger partial charge is 0.0715 e. The third-order valence-electron chi connectivity index (χ3n) is 3.48. The Morgan fingerprint density at radius 1 is 1.47 bits per heavy atom. The average Bonchev–Trinajstić information content (AvgIpc) is 2.86. The molecule has 96 valence electrons. The third kappa shape index (κ3) is 3.80. The lowest BCUT2D eigenvalue weighted by Gasteiger charge is -2.27. The Bertz CT molecular complexity index is 322. The van der Waals surface area contributed by atoms with Crippen LogP contribution in [-0.2, 0) is 0 Å². The summed E-state index contributed by atoms with van der Waals surface area (Å²) in [7, 11) is 0. The topological polar surface area (TPSA) is 32.3 Å². The molecule has 1 atom stereocenters. The van der Waals surface area contributed by atoms with Crippen LogP contribution in [0.5, 0.6) is 0 Å². The lowest BCUT2D eigenvalue weighted by Crippen LogP contribution is -2.38. The Hall–Kier alpha value is -0.380. The lowest BCUT2D eigenvalue weighted by molar-refractivity contribution is 0.0736. The first-order valence-corrected chi connectivity index (χ1v) is 7.43. The van der Waals surface area contributed by atoms with Crippen molar-refractivity contribution in [1.82, 2.24) is 5.32 Å². The quantitative estimate of drug-likeness (QED) is 0.843. The van der Waals surface area contributed by atoms with Crippen molar-refractivity contribution in [2.75, 3.05) is 6.54 Å². The van der Waals surface area contributed by atoms with Crippen LogP contribution in [0.2, 0.25) is 0 Å². The maximum absolute atomic E-state index is 9.85. The molecule has 1 saturated carbocycles. The first kappa shape index (κ1) is 13.1. The molecule has 0 spiro atoms. The van der Waals surface area contributed by atoms with Crippen molar-refractivity contribution in [3.05, 3.63) is 22.4 Å². The summed E-state index contributed by atoms with van der Waals surface area (Å²) in [5, 5.41) is 15.6. The second kappa shape index (κ2) is 5.51. The predicted octanol–water partition coefficient (Wildman–Crippen LogP) is 3.34. The van der Waals surface area contributed by atoms with Crippen LogP contribution in [-0.4, -0.2) is 17.3 Å². The van der Waals surface area contributed by atoms with Gasteiger partial charge in [-0.2, -0.15) is 0 Å². The van der Waals surface area contributed by atoms with Crippen molar-refractivity contribution in [2.24, 2.45) is 5.92 Å². The summed E-state index contributed by atoms with van der Waals surface area (Å²) in [6.45, 7) is 4.38. The van der Waals surface area contributed by atoms with Gasteiger partial charge in [0.25, 0.3) is 0 Å². The van der Waals surface area contributed by atoms with Crippen LogP contribution in [0.1, 0.15) is 50.4 Å². The van der Waals surface area contributed by atoms with E-state index >= 15 is 0 Å². The number of hydrogen-bond acceptors (Lipinski definition) is 3. The van der Waals surface area contributed by atoms with Crippen LogP contribution >= 0.6 is 11.3 Å². The minimum absolute atomic E-state index is 0.434. The van der Waals surface area contributed by atoms with Crippen LogP contribution < -0.4 is 5.32 Å². The van der Waals surface area contributed by atoms with E-state index in [9.17, 15) is 5.11 Å². The van der Waals surface area contributed by atoms with E-state index in [0.29, 0.717) is 12.6 Å². The Balaban J connectivity index is 2.02. The molecule has 1 heterocycles. The highest BCUT2D eigenvalue weighted by molar-refractivity contribution is 7.10. The Morgan fingerprint density at radius 3 is 2.71 bits per heavy atom. The molecule has 2 rings (SSSR count). The van der Waals surface area contributed by atoms with Gasteiger partial charge in [-0.05, 0) is 44.1 Å². The molecule has 0 bridgehead atoms. The van der Waals surface area contributed by atoms with Gasteiger partial charge in [-0.1, -0.05) is 18.9 Å². The fourth-order valence-corrected chi connectivity index (χ4v) is 3.51. The van der Waals surface area contributed by atoms with Crippen molar-refractivity contribution in [3.63, 3.8) is 0 Å². The van der Waals surface area contributed by atoms with Crippen LogP contribution in [0, 0.1) is 5.92 Å². The van der Waals surface area contributed by atoms with Crippen LogP contribution in [0.4, 0.5) is 0 Å². The van der Waals surface area contributed by atoms with Crippen molar-refractivity contribution in [3.8, 4) is 0 Å². The van der Waals surface area contributed by atoms with Gasteiger partial charge in [0.1, 0.15) is 0 Å². The SMILES string of the molecule is CC(C)(O)CNC(c1cccs1)C1CCCC1. The van der Waals surface area contributed by atoms with Gasteiger partial charge in [-0.3, -0.25) is 0 Å². The molecular formula is C14H23NOS. The van der Waals surface area contributed by atoms with Gasteiger partial charge >= 0.3 is 0 Å². The first-order valence-electron chi connectivity index (χ1n) is 6.55. The van der Waals surface area contributed by atoms with E-state index in [1.807, 2.05) is 25.2 Å². The monoisotopic (exact) mass is 253 g/mol. The second-order valence-electron chi connectivity index (χ2n) is 5.73. The van der Waals surface area contributed by atoms with E-state index in [-0.39, 0.29) is 0 Å². The number of hydrogen-bond donors (Lipinski definition) is 2. The van der Waals surface area contributed by atoms with Gasteiger partial charge in [-0.15, -0.1) is 11.3 Å². The molecule has 0 aliphatic heterocycles. The van der Waals surface area contributed by atoms with Crippen molar-refractivity contribution in [1.29, 1.82) is 0 Å². The zero-order valence-electron chi connectivity index (χ0n) is 10.8. The Labute approximate surface area is 108 Å². The lowest BCUT2D eigenvalue weighted by atomic mass is 9.96. The zero-order valence-corrected chi connectivity index (χ0v) is 11.6. The molecule has 0 saturated heterocycles. The maximum atomic E-state index is 9.85. The van der Waals surface area contributed by atoms with E-state index in [2.05, 4.69) is 22.8 Å². The third-order valence-corrected chi connectivity index (χ3v) is 4.43. The minimum Gasteiger partial charge on any atom is -0.389 e. The van der Waals surface area contributed by atoms with Crippen molar-refractivity contribution in [2.45, 2.75) is 51.2 Å². The predicted molar refractivity (Wildman–Crippen MR) is 73.3 cm³/mol. The second-order valence-corrected chi connectivity index (χ2v) is 6.71. The number of rotatable bonds is 5. The van der Waals surface area contributed by atoms with Crippen molar-refractivity contribution < 1.29 is 5.11 Å². The fourth-order valence-electron chi connectivity index (χ4n) is 2.62. The summed E-state index contributed by atoms with van der Waals surface area (Å²) < 4.78 is 0. The number of nitrogens with one attached hydrogen (secondary N) is 1. The van der Waals surface area contributed by atoms with E-state index in [4.69, 9.17) is 0 Å². The fraction of sp³-hybridized carbons (Fsp3) is 0.714. The Morgan fingerprint density at radius 2 is 2.18 bits per heavy atom. The summed E-state index contributed by atoms with van der Waals surface area (Å²) in [6, 6.07) is 4.77. The zero-order chi connectivity index (χ0) is 12.3. The molecule has 0 amide bonds. The molecule has 1 unspecified atom stereocenters. The van der Waals surface area contributed by atoms with Crippen LogP contribution in [0.25, 0.3) is 0 Å². The molecule has 1 fully saturated rings. The van der Waals surface area contributed by atoms with Gasteiger partial charge in [-0.25, -0.2) is 0 Å². The molecule has 1 aliphatic rings. The standard InChI is InChI=1S/C14H23NOS/c1-14(2,16)10-15-13(11-6-3-4-7-11)12-8-5-9-17-12/h5,8-9,11,13,15-16H,3-4,6-7,10H2,1-2H3. The highest BCUT2D eigenvalue weighted by Crippen LogP contribution is 2.37. The molecule has 17 heavy (non-hydrogen) atoms. The molecule has 0 aromatic carbocycles. The number of thiophene rings is 1. The van der Waals surface area contributed by atoms with Gasteiger partial charge < -0.3 is 10.4 Å². The molecule has 1 aromatic heterocycles. The van der Waals surface area contributed by atoms with E-state index in [0.717, 1.165) is 5.92 Å². The van der Waals surface area contributed by atoms with E-state index in [1.54, 1.807) is 0 Å². The first-order chi connectivity index (χ1) is 8.06. The molecule has 1 aromatic rings. The maximum Gasteiger partial charge on any atom is 0.0715 e. The summed E-state index contributed by atoms with van der Waals surface area (Å²) in [5.74, 6) is 0.746. The summed E-state index contributed by atoms with van der Waals surface area (Å²) >= 11 is 1.82. The molecule has 0 radical (unpaired) electrons. The molecule has 2 nitrogen and oxygen atoms in total. The highest BCUT2D eigenvalue weighted by Gasteiger charge is 2.28.